The minimum atomic E-state index is -1.10. The molecule has 2 aromatic rings. The molecule has 0 aliphatic heterocycles. The van der Waals surface area contributed by atoms with Crippen molar-refractivity contribution in [1.29, 1.82) is 0 Å². The molecule has 0 fully saturated rings. The topological polar surface area (TPSA) is 62.5 Å². The molecule has 2 rings (SSSR count). The maximum atomic E-state index is 13.0. The first kappa shape index (κ1) is 18.2. The zero-order chi connectivity index (χ0) is 17.9. The highest BCUT2D eigenvalue weighted by atomic mass is 79.9. The van der Waals surface area contributed by atoms with Crippen molar-refractivity contribution in [3.8, 4) is 0 Å². The Hall–Kier alpha value is -2.15. The van der Waals surface area contributed by atoms with E-state index in [0.717, 1.165) is 4.47 Å². The number of carbonyl (C=O) groups is 2. The molecular formula is C17H18BrFN2O3. The van der Waals surface area contributed by atoms with Gasteiger partial charge in [0.15, 0.2) is 0 Å². The highest BCUT2D eigenvalue weighted by Crippen LogP contribution is 2.21. The number of carboxylic acid groups (broad SMARTS) is 1. The molecule has 0 atom stereocenters. The van der Waals surface area contributed by atoms with Gasteiger partial charge in [-0.2, -0.15) is 0 Å². The van der Waals surface area contributed by atoms with Crippen molar-refractivity contribution >= 4 is 27.8 Å². The molecule has 0 saturated carbocycles. The van der Waals surface area contributed by atoms with Gasteiger partial charge in [-0.15, -0.1) is 0 Å². The number of benzene rings is 1. The van der Waals surface area contributed by atoms with Crippen molar-refractivity contribution in [2.45, 2.75) is 26.4 Å². The van der Waals surface area contributed by atoms with E-state index in [0.29, 0.717) is 11.3 Å². The first-order valence-corrected chi connectivity index (χ1v) is 8.20. The van der Waals surface area contributed by atoms with Crippen molar-refractivity contribution in [1.82, 2.24) is 9.47 Å². The van der Waals surface area contributed by atoms with E-state index in [9.17, 15) is 14.0 Å². The number of nitrogens with zero attached hydrogens (tertiary/aromatic N) is 2. The number of hydrogen-bond acceptors (Lipinski definition) is 2. The second kappa shape index (κ2) is 7.61. The Balaban J connectivity index is 2.31. The summed E-state index contributed by atoms with van der Waals surface area (Å²) < 4.78 is 15.5. The van der Waals surface area contributed by atoms with Crippen LogP contribution in [0.25, 0.3) is 0 Å². The Morgan fingerprint density at radius 3 is 2.46 bits per heavy atom. The van der Waals surface area contributed by atoms with Gasteiger partial charge in [-0.05, 0) is 53.5 Å². The molecule has 0 unspecified atom stereocenters. The molecule has 1 heterocycles. The molecule has 0 aliphatic rings. The molecule has 1 amide bonds. The Bertz CT molecular complexity index is 741. The van der Waals surface area contributed by atoms with Crippen LogP contribution in [-0.4, -0.2) is 33.0 Å². The Labute approximate surface area is 147 Å². The second-order valence-electron chi connectivity index (χ2n) is 5.73. The summed E-state index contributed by atoms with van der Waals surface area (Å²) in [6, 6.07) is 7.36. The van der Waals surface area contributed by atoms with E-state index in [1.807, 2.05) is 13.8 Å². The summed E-state index contributed by atoms with van der Waals surface area (Å²) in [6.45, 7) is 3.53. The van der Waals surface area contributed by atoms with Crippen LogP contribution in [0.2, 0.25) is 0 Å². The lowest BCUT2D eigenvalue weighted by Gasteiger charge is -2.22. The van der Waals surface area contributed by atoms with Crippen molar-refractivity contribution < 1.29 is 19.1 Å². The Morgan fingerprint density at radius 1 is 1.29 bits per heavy atom. The minimum absolute atomic E-state index is 0.0488. The predicted molar refractivity (Wildman–Crippen MR) is 91.3 cm³/mol. The van der Waals surface area contributed by atoms with Crippen LogP contribution in [-0.2, 0) is 11.3 Å². The van der Waals surface area contributed by atoms with Crippen LogP contribution in [0.1, 0.15) is 35.9 Å². The average Bonchev–Trinajstić information content (AvgIpc) is 2.90. The molecule has 128 valence electrons. The maximum absolute atomic E-state index is 13.0. The van der Waals surface area contributed by atoms with Crippen LogP contribution in [0.4, 0.5) is 4.39 Å². The van der Waals surface area contributed by atoms with Gasteiger partial charge in [0, 0.05) is 23.3 Å². The lowest BCUT2D eigenvalue weighted by Crippen LogP contribution is -2.36. The summed E-state index contributed by atoms with van der Waals surface area (Å²) in [5, 5.41) is 9.12. The van der Waals surface area contributed by atoms with Gasteiger partial charge in [-0.1, -0.05) is 12.1 Å². The van der Waals surface area contributed by atoms with Crippen LogP contribution >= 0.6 is 15.9 Å². The van der Waals surface area contributed by atoms with Crippen molar-refractivity contribution in [2.24, 2.45) is 0 Å². The summed E-state index contributed by atoms with van der Waals surface area (Å²) in [7, 11) is 0. The SMILES string of the molecule is CC(C)n1cc(Br)cc1C(=O)N(CC(=O)O)Cc1ccc(F)cc1. The summed E-state index contributed by atoms with van der Waals surface area (Å²) in [4.78, 5) is 25.2. The number of carboxylic acids is 1. The van der Waals surface area contributed by atoms with Crippen molar-refractivity contribution in [3.05, 3.63) is 58.1 Å². The summed E-state index contributed by atoms with van der Waals surface area (Å²) in [6.07, 6.45) is 1.79. The third-order valence-electron chi connectivity index (χ3n) is 3.49. The zero-order valence-electron chi connectivity index (χ0n) is 13.4. The van der Waals surface area contributed by atoms with Crippen molar-refractivity contribution in [3.63, 3.8) is 0 Å². The fourth-order valence-corrected chi connectivity index (χ4v) is 2.82. The molecule has 0 radical (unpaired) electrons. The molecule has 0 aliphatic carbocycles. The molecule has 1 aromatic heterocycles. The van der Waals surface area contributed by atoms with Crippen molar-refractivity contribution in [2.75, 3.05) is 6.54 Å². The lowest BCUT2D eigenvalue weighted by atomic mass is 10.2. The summed E-state index contributed by atoms with van der Waals surface area (Å²) in [5.74, 6) is -1.87. The van der Waals surface area contributed by atoms with E-state index in [1.54, 1.807) is 16.8 Å². The normalized spacial score (nSPS) is 10.9. The monoisotopic (exact) mass is 396 g/mol. The van der Waals surface area contributed by atoms with Gasteiger partial charge in [0.2, 0.25) is 0 Å². The van der Waals surface area contributed by atoms with E-state index in [1.165, 1.54) is 29.2 Å². The molecule has 1 aromatic carbocycles. The molecular weight excluding hydrogens is 379 g/mol. The molecule has 0 saturated heterocycles. The fourth-order valence-electron chi connectivity index (χ4n) is 2.38. The van der Waals surface area contributed by atoms with E-state index in [2.05, 4.69) is 15.9 Å². The highest BCUT2D eigenvalue weighted by molar-refractivity contribution is 9.10. The molecule has 24 heavy (non-hydrogen) atoms. The highest BCUT2D eigenvalue weighted by Gasteiger charge is 2.23. The van der Waals surface area contributed by atoms with Crippen LogP contribution < -0.4 is 0 Å². The number of aromatic nitrogens is 1. The largest absolute Gasteiger partial charge is 0.480 e. The third-order valence-corrected chi connectivity index (χ3v) is 3.92. The van der Waals surface area contributed by atoms with Crippen LogP contribution in [0.15, 0.2) is 41.0 Å². The van der Waals surface area contributed by atoms with Gasteiger partial charge < -0.3 is 14.6 Å². The van der Waals surface area contributed by atoms with Crippen LogP contribution in [0, 0.1) is 5.82 Å². The van der Waals surface area contributed by atoms with Gasteiger partial charge in [-0.3, -0.25) is 9.59 Å². The number of rotatable bonds is 6. The Morgan fingerprint density at radius 2 is 1.92 bits per heavy atom. The van der Waals surface area contributed by atoms with Gasteiger partial charge in [0.1, 0.15) is 18.1 Å². The number of amides is 1. The summed E-state index contributed by atoms with van der Waals surface area (Å²) in [5.41, 5.74) is 1.06. The zero-order valence-corrected chi connectivity index (χ0v) is 15.0. The molecule has 1 N–H and O–H groups in total. The standard InChI is InChI=1S/C17H18BrFN2O3/c1-11(2)21-9-13(18)7-15(21)17(24)20(10-16(22)23)8-12-3-5-14(19)6-4-12/h3-7,9,11H,8,10H2,1-2H3,(H,22,23). The average molecular weight is 397 g/mol. The quantitative estimate of drug-likeness (QED) is 0.809. The number of carbonyl (C=O) groups excluding carboxylic acids is 1. The van der Waals surface area contributed by atoms with E-state index in [-0.39, 0.29) is 24.3 Å². The number of aliphatic carboxylic acids is 1. The van der Waals surface area contributed by atoms with Gasteiger partial charge in [0.05, 0.1) is 0 Å². The summed E-state index contributed by atoms with van der Waals surface area (Å²) >= 11 is 3.34. The van der Waals surface area contributed by atoms with Gasteiger partial charge >= 0.3 is 5.97 Å². The fraction of sp³-hybridized carbons (Fsp3) is 0.294. The van der Waals surface area contributed by atoms with Crippen LogP contribution in [0.3, 0.4) is 0 Å². The Kier molecular flexibility index (Phi) is 5.77. The van der Waals surface area contributed by atoms with E-state index < -0.39 is 12.5 Å². The molecule has 0 spiro atoms. The molecule has 7 heteroatoms. The van der Waals surface area contributed by atoms with Crippen LogP contribution in [0.5, 0.6) is 0 Å². The second-order valence-corrected chi connectivity index (χ2v) is 6.64. The number of halogens is 2. The van der Waals surface area contributed by atoms with E-state index in [4.69, 9.17) is 5.11 Å². The predicted octanol–water partition coefficient (Wildman–Crippen LogP) is 3.70. The van der Waals surface area contributed by atoms with E-state index >= 15 is 0 Å². The molecule has 5 nitrogen and oxygen atoms in total. The lowest BCUT2D eigenvalue weighted by molar-refractivity contribution is -0.137. The number of hydrogen-bond donors (Lipinski definition) is 1. The maximum Gasteiger partial charge on any atom is 0.323 e. The third kappa shape index (κ3) is 4.44. The smallest absolute Gasteiger partial charge is 0.323 e. The van der Waals surface area contributed by atoms with Gasteiger partial charge in [0.25, 0.3) is 5.91 Å². The van der Waals surface area contributed by atoms with Gasteiger partial charge in [-0.25, -0.2) is 4.39 Å². The first-order chi connectivity index (χ1) is 11.3. The minimum Gasteiger partial charge on any atom is -0.480 e. The molecule has 0 bridgehead atoms. The first-order valence-electron chi connectivity index (χ1n) is 7.41.